The normalized spacial score (nSPS) is 27.3. The first-order valence-electron chi connectivity index (χ1n) is 9.68. The molecule has 2 aliphatic carbocycles. The molecule has 1 saturated carbocycles. The number of hydrogen-bond acceptors (Lipinski definition) is 4. The third-order valence-electron chi connectivity index (χ3n) is 5.99. The number of hydrogen-bond donors (Lipinski definition) is 0. The average Bonchev–Trinajstić information content (AvgIpc) is 3.41. The SMILES string of the molecule is O=C1[C@@H]2[C@H](C(=O)N1/N=C\c1ccccc1OCc1ccc(Cl)cc1)[C@H]1C=C[C@@H]2C1. The molecule has 0 aromatic heterocycles. The number of para-hydroxylation sites is 1. The second kappa shape index (κ2) is 7.16. The Balaban J connectivity index is 1.32. The van der Waals surface area contributed by atoms with E-state index < -0.39 is 0 Å². The first-order valence-corrected chi connectivity index (χ1v) is 10.1. The number of fused-ring (bicyclic) bond motifs is 5. The largest absolute Gasteiger partial charge is 0.488 e. The molecule has 1 saturated heterocycles. The number of nitrogens with zero attached hydrogens (tertiary/aromatic N) is 2. The van der Waals surface area contributed by atoms with Crippen LogP contribution in [-0.4, -0.2) is 23.0 Å². The molecule has 0 spiro atoms. The summed E-state index contributed by atoms with van der Waals surface area (Å²) >= 11 is 5.92. The van der Waals surface area contributed by atoms with Gasteiger partial charge in [0.25, 0.3) is 11.8 Å². The summed E-state index contributed by atoms with van der Waals surface area (Å²) in [6.07, 6.45) is 6.59. The Morgan fingerprint density at radius 2 is 1.66 bits per heavy atom. The van der Waals surface area contributed by atoms with Crippen LogP contribution in [0.25, 0.3) is 0 Å². The van der Waals surface area contributed by atoms with Crippen molar-refractivity contribution in [2.45, 2.75) is 13.0 Å². The third-order valence-corrected chi connectivity index (χ3v) is 6.24. The second-order valence-corrected chi connectivity index (χ2v) is 8.12. The van der Waals surface area contributed by atoms with E-state index in [-0.39, 0.29) is 35.5 Å². The minimum Gasteiger partial charge on any atom is -0.488 e. The van der Waals surface area contributed by atoms with Crippen LogP contribution >= 0.6 is 11.6 Å². The Bertz CT molecular complexity index is 1000. The van der Waals surface area contributed by atoms with E-state index in [0.717, 1.165) is 17.0 Å². The van der Waals surface area contributed by atoms with Gasteiger partial charge in [0.15, 0.2) is 0 Å². The topological polar surface area (TPSA) is 59.0 Å². The van der Waals surface area contributed by atoms with Crippen molar-refractivity contribution < 1.29 is 14.3 Å². The molecule has 146 valence electrons. The van der Waals surface area contributed by atoms with Crippen LogP contribution in [0.3, 0.4) is 0 Å². The Morgan fingerprint density at radius 3 is 2.34 bits per heavy atom. The number of rotatable bonds is 5. The van der Waals surface area contributed by atoms with Gasteiger partial charge in [-0.15, -0.1) is 0 Å². The van der Waals surface area contributed by atoms with E-state index >= 15 is 0 Å². The molecule has 4 atom stereocenters. The lowest BCUT2D eigenvalue weighted by Gasteiger charge is -2.13. The number of carbonyl (C=O) groups excluding carboxylic acids is 2. The monoisotopic (exact) mass is 406 g/mol. The van der Waals surface area contributed by atoms with E-state index in [4.69, 9.17) is 16.3 Å². The van der Waals surface area contributed by atoms with Gasteiger partial charge in [0.2, 0.25) is 0 Å². The Hall–Kier alpha value is -2.92. The molecule has 6 heteroatoms. The van der Waals surface area contributed by atoms with Crippen molar-refractivity contribution in [2.75, 3.05) is 0 Å². The molecule has 2 fully saturated rings. The second-order valence-electron chi connectivity index (χ2n) is 7.69. The lowest BCUT2D eigenvalue weighted by Crippen LogP contribution is -2.28. The Kier molecular flexibility index (Phi) is 4.47. The zero-order chi connectivity index (χ0) is 20.0. The van der Waals surface area contributed by atoms with E-state index in [0.29, 0.717) is 22.9 Å². The van der Waals surface area contributed by atoms with Crippen molar-refractivity contribution in [1.29, 1.82) is 0 Å². The van der Waals surface area contributed by atoms with Crippen molar-refractivity contribution in [3.05, 3.63) is 76.8 Å². The maximum atomic E-state index is 12.7. The van der Waals surface area contributed by atoms with Crippen LogP contribution in [0.5, 0.6) is 5.75 Å². The zero-order valence-electron chi connectivity index (χ0n) is 15.6. The van der Waals surface area contributed by atoms with E-state index in [1.54, 1.807) is 0 Å². The maximum absolute atomic E-state index is 12.7. The van der Waals surface area contributed by atoms with Crippen LogP contribution in [0.15, 0.2) is 65.8 Å². The van der Waals surface area contributed by atoms with Crippen molar-refractivity contribution in [3.8, 4) is 5.75 Å². The lowest BCUT2D eigenvalue weighted by atomic mass is 9.85. The summed E-state index contributed by atoms with van der Waals surface area (Å²) in [4.78, 5) is 25.5. The van der Waals surface area contributed by atoms with Crippen LogP contribution in [0.1, 0.15) is 17.5 Å². The van der Waals surface area contributed by atoms with Crippen molar-refractivity contribution in [2.24, 2.45) is 28.8 Å². The standard InChI is InChI=1S/C23H19ClN2O3/c24-18-9-5-14(6-10-18)13-29-19-4-2-1-3-17(19)12-25-26-22(27)20-15-7-8-16(11-15)21(20)23(26)28/h1-10,12,15-16,20-21H,11,13H2/b25-12-/t15-,16+,20+,21-. The van der Waals surface area contributed by atoms with E-state index in [1.807, 2.05) is 48.5 Å². The van der Waals surface area contributed by atoms with Gasteiger partial charge in [-0.2, -0.15) is 10.1 Å². The van der Waals surface area contributed by atoms with Gasteiger partial charge in [0.1, 0.15) is 12.4 Å². The average molecular weight is 407 g/mol. The number of amides is 2. The molecular formula is C23H19ClN2O3. The Labute approximate surface area is 173 Å². The van der Waals surface area contributed by atoms with Crippen LogP contribution in [0.4, 0.5) is 0 Å². The van der Waals surface area contributed by atoms with E-state index in [1.165, 1.54) is 6.21 Å². The van der Waals surface area contributed by atoms with Crippen LogP contribution in [-0.2, 0) is 16.2 Å². The summed E-state index contributed by atoms with van der Waals surface area (Å²) in [5, 5.41) is 5.97. The van der Waals surface area contributed by atoms with Crippen molar-refractivity contribution in [3.63, 3.8) is 0 Å². The van der Waals surface area contributed by atoms with Gasteiger partial charge in [-0.25, -0.2) is 0 Å². The summed E-state index contributed by atoms with van der Waals surface area (Å²) in [6, 6.07) is 14.9. The van der Waals surface area contributed by atoms with Gasteiger partial charge < -0.3 is 4.74 Å². The highest BCUT2D eigenvalue weighted by Crippen LogP contribution is 2.52. The highest BCUT2D eigenvalue weighted by molar-refractivity contribution is 6.30. The number of benzene rings is 2. The smallest absolute Gasteiger partial charge is 0.254 e. The molecule has 2 bridgehead atoms. The van der Waals surface area contributed by atoms with Gasteiger partial charge in [-0.1, -0.05) is 48.0 Å². The van der Waals surface area contributed by atoms with Crippen LogP contribution < -0.4 is 4.74 Å². The molecule has 3 aliphatic rings. The molecule has 5 rings (SSSR count). The van der Waals surface area contributed by atoms with Gasteiger partial charge in [0, 0.05) is 10.6 Å². The predicted molar refractivity (Wildman–Crippen MR) is 109 cm³/mol. The minimum atomic E-state index is -0.244. The number of carbonyl (C=O) groups is 2. The first-order chi connectivity index (χ1) is 14.1. The van der Waals surface area contributed by atoms with Gasteiger partial charge in [0.05, 0.1) is 18.1 Å². The zero-order valence-corrected chi connectivity index (χ0v) is 16.3. The molecule has 5 nitrogen and oxygen atoms in total. The van der Waals surface area contributed by atoms with Gasteiger partial charge in [-0.3, -0.25) is 9.59 Å². The number of allylic oxidation sites excluding steroid dienone is 2. The molecule has 1 aliphatic heterocycles. The number of imide groups is 1. The van der Waals surface area contributed by atoms with E-state index in [2.05, 4.69) is 17.3 Å². The molecule has 0 unspecified atom stereocenters. The maximum Gasteiger partial charge on any atom is 0.254 e. The van der Waals surface area contributed by atoms with Crippen molar-refractivity contribution >= 4 is 29.6 Å². The molecule has 2 amide bonds. The molecule has 2 aromatic rings. The summed E-state index contributed by atoms with van der Waals surface area (Å²) in [5.41, 5.74) is 1.70. The number of hydrazone groups is 1. The molecular weight excluding hydrogens is 388 g/mol. The highest BCUT2D eigenvalue weighted by Gasteiger charge is 2.59. The highest BCUT2D eigenvalue weighted by atomic mass is 35.5. The van der Waals surface area contributed by atoms with Gasteiger partial charge >= 0.3 is 0 Å². The number of ether oxygens (including phenoxy) is 1. The minimum absolute atomic E-state index is 0.177. The van der Waals surface area contributed by atoms with Crippen LogP contribution in [0, 0.1) is 23.7 Å². The van der Waals surface area contributed by atoms with E-state index in [9.17, 15) is 9.59 Å². The fraction of sp³-hybridized carbons (Fsp3) is 0.261. The fourth-order valence-electron chi connectivity index (χ4n) is 4.58. The molecule has 0 N–H and O–H groups in total. The molecule has 29 heavy (non-hydrogen) atoms. The van der Waals surface area contributed by atoms with Crippen LogP contribution in [0.2, 0.25) is 5.02 Å². The van der Waals surface area contributed by atoms with Crippen molar-refractivity contribution in [1.82, 2.24) is 5.01 Å². The molecule has 1 heterocycles. The summed E-state index contributed by atoms with van der Waals surface area (Å²) in [6.45, 7) is 0.378. The van der Waals surface area contributed by atoms with Gasteiger partial charge in [-0.05, 0) is 48.1 Å². The fourth-order valence-corrected chi connectivity index (χ4v) is 4.71. The first kappa shape index (κ1) is 18.1. The Morgan fingerprint density at radius 1 is 1.00 bits per heavy atom. The third kappa shape index (κ3) is 3.15. The summed E-state index contributed by atoms with van der Waals surface area (Å²) in [7, 11) is 0. The predicted octanol–water partition coefficient (Wildman–Crippen LogP) is 4.06. The molecule has 2 aromatic carbocycles. The number of halogens is 1. The summed E-state index contributed by atoms with van der Waals surface area (Å²) < 4.78 is 5.92. The quantitative estimate of drug-likeness (QED) is 0.427. The summed E-state index contributed by atoms with van der Waals surface area (Å²) in [5.74, 6) is 0.123. The lowest BCUT2D eigenvalue weighted by molar-refractivity contribution is -0.140. The molecule has 0 radical (unpaired) electrons.